The number of aliphatic hydroxyl groups excluding tert-OH is 2. The number of carboxylic acids is 1. The van der Waals surface area contributed by atoms with Crippen LogP contribution >= 0.6 is 0 Å². The van der Waals surface area contributed by atoms with Gasteiger partial charge in [-0.05, 0) is 64.4 Å². The van der Waals surface area contributed by atoms with Crippen molar-refractivity contribution in [3.63, 3.8) is 0 Å². The summed E-state index contributed by atoms with van der Waals surface area (Å²) in [6.45, 7) is 20.9. The molecule has 2 spiro atoms. The second kappa shape index (κ2) is 18.7. The van der Waals surface area contributed by atoms with E-state index in [0.717, 1.165) is 6.42 Å². The van der Waals surface area contributed by atoms with Gasteiger partial charge in [-0.15, -0.1) is 0 Å². The van der Waals surface area contributed by atoms with Crippen LogP contribution in [0, 0.1) is 47.3 Å². The molecular formula is C47H78O14. The van der Waals surface area contributed by atoms with Crippen LogP contribution in [0.15, 0.2) is 11.6 Å². The molecule has 0 unspecified atom stereocenters. The van der Waals surface area contributed by atoms with Gasteiger partial charge in [0.2, 0.25) is 0 Å². The minimum Gasteiger partial charge on any atom is -0.481 e. The van der Waals surface area contributed by atoms with Crippen molar-refractivity contribution in [2.75, 3.05) is 13.7 Å². The van der Waals surface area contributed by atoms with Gasteiger partial charge in [0.1, 0.15) is 0 Å². The zero-order valence-corrected chi connectivity index (χ0v) is 38.8. The summed E-state index contributed by atoms with van der Waals surface area (Å²) in [5.74, 6) is -7.01. The molecule has 0 aliphatic carbocycles. The minimum atomic E-state index is -1.66. The highest BCUT2D eigenvalue weighted by atomic mass is 16.8. The maximum atomic E-state index is 13.4. The van der Waals surface area contributed by atoms with E-state index in [1.54, 1.807) is 27.9 Å². The summed E-state index contributed by atoms with van der Waals surface area (Å²) >= 11 is 0. The van der Waals surface area contributed by atoms with Gasteiger partial charge in [-0.1, -0.05) is 61.5 Å². The Bertz CT molecular complexity index is 1570. The van der Waals surface area contributed by atoms with Crippen molar-refractivity contribution in [3.8, 4) is 0 Å². The van der Waals surface area contributed by atoms with Crippen molar-refractivity contribution in [1.29, 1.82) is 0 Å². The smallest absolute Gasteiger partial charge is 0.306 e. The first-order valence-electron chi connectivity index (χ1n) is 23.2. The van der Waals surface area contributed by atoms with Crippen molar-refractivity contribution in [2.24, 2.45) is 47.3 Å². The molecule has 14 nitrogen and oxygen atoms in total. The SMILES string of the molecule is CO[C@H]1CC[C@@H](O[C@H]2C[C@H]([C@]3(C)CC[C@]4(C[C@H](O)[C@H](C)[C@@H]([C@@H](C)/C=C(\C)C(=O)[C@H](C)C[C@H](C)C(=O)O)O4)O3)O[C@]3(O[C@H]([C@@H]4O[C@](O)(CO)[C@@H](C)C[C@H]4C)C[C@H]3C)[C@@H]2C)O[C@@H]1C. The largest absolute Gasteiger partial charge is 0.481 e. The molecule has 350 valence electrons. The van der Waals surface area contributed by atoms with Crippen LogP contribution < -0.4 is 0 Å². The minimum absolute atomic E-state index is 0.0130. The molecule has 0 saturated carbocycles. The summed E-state index contributed by atoms with van der Waals surface area (Å²) in [6.07, 6.45) is 3.25. The molecular weight excluding hydrogens is 789 g/mol. The standard InChI is InChI=1S/C47H78O14/c1-24(40(50)25(2)18-28(5)43(51)52)17-26(3)41-31(8)34(49)22-45(59-41)16-15-44(11,61-45)38-21-36(56-39-14-13-35(54-12)33(10)55-39)32(9)47(58-38)30(7)20-37(57-47)42-27(4)19-29(6)46(53,23-48)60-42/h17,25-39,41-42,48-49,53H,13-16,18-23H2,1-12H3,(H,51,52)/b24-17+/t25-,26+,27-,28+,29+,30-,31+,32-,33-,34+,35+,36+,37+,38-,39-,41-,42-,44+,45-,46-,47+/m1/s1. The molecule has 4 N–H and O–H groups in total. The van der Waals surface area contributed by atoms with E-state index in [2.05, 4.69) is 27.7 Å². The number of rotatable bonds is 13. The first kappa shape index (κ1) is 48.9. The average molecular weight is 867 g/mol. The van der Waals surface area contributed by atoms with Crippen LogP contribution in [0.3, 0.4) is 0 Å². The van der Waals surface area contributed by atoms with Crippen LogP contribution in [-0.4, -0.2) is 124 Å². The van der Waals surface area contributed by atoms with Gasteiger partial charge < -0.3 is 58.3 Å². The third-order valence-electron chi connectivity index (χ3n) is 15.9. The number of Topliss-reactive ketones (excluding diaryl/α,β-unsaturated/α-hetero) is 1. The lowest BCUT2D eigenvalue weighted by Crippen LogP contribution is -2.63. The van der Waals surface area contributed by atoms with Crippen LogP contribution in [0.1, 0.15) is 134 Å². The van der Waals surface area contributed by atoms with Crippen LogP contribution in [0.2, 0.25) is 0 Å². The highest BCUT2D eigenvalue weighted by Crippen LogP contribution is 2.56. The maximum Gasteiger partial charge on any atom is 0.306 e. The van der Waals surface area contributed by atoms with E-state index in [1.165, 1.54) is 0 Å². The van der Waals surface area contributed by atoms with Crippen molar-refractivity contribution in [3.05, 3.63) is 11.6 Å². The number of ether oxygens (including phenoxy) is 8. The zero-order chi connectivity index (χ0) is 45.0. The Morgan fingerprint density at radius 2 is 1.61 bits per heavy atom. The number of hydrogen-bond donors (Lipinski definition) is 4. The molecule has 14 heteroatoms. The topological polar surface area (TPSA) is 189 Å². The second-order valence-corrected chi connectivity index (χ2v) is 20.6. The molecule has 61 heavy (non-hydrogen) atoms. The van der Waals surface area contributed by atoms with E-state index >= 15 is 0 Å². The normalized spacial score (nSPS) is 48.6. The number of ketones is 1. The van der Waals surface area contributed by atoms with Gasteiger partial charge in [0, 0.05) is 68.3 Å². The lowest BCUT2D eigenvalue weighted by molar-refractivity contribution is -0.390. The summed E-state index contributed by atoms with van der Waals surface area (Å²) < 4.78 is 53.9. The van der Waals surface area contributed by atoms with Gasteiger partial charge >= 0.3 is 5.97 Å². The van der Waals surface area contributed by atoms with Crippen molar-refractivity contribution in [2.45, 2.75) is 212 Å². The number of carbonyl (C=O) groups is 2. The Morgan fingerprint density at radius 1 is 0.902 bits per heavy atom. The number of hydrogen-bond acceptors (Lipinski definition) is 13. The summed E-state index contributed by atoms with van der Waals surface area (Å²) in [6, 6.07) is 0. The number of carboxylic acid groups (broad SMARTS) is 1. The molecule has 6 saturated heterocycles. The quantitative estimate of drug-likeness (QED) is 0.154. The Balaban J connectivity index is 1.24. The Labute approximate surface area is 363 Å². The molecule has 6 fully saturated rings. The summed E-state index contributed by atoms with van der Waals surface area (Å²) in [5.41, 5.74) is -0.326. The van der Waals surface area contributed by atoms with Crippen LogP contribution in [0.25, 0.3) is 0 Å². The summed E-state index contributed by atoms with van der Waals surface area (Å²) in [4.78, 5) is 24.8. The molecule has 21 atom stereocenters. The molecule has 6 aliphatic heterocycles. The van der Waals surface area contributed by atoms with E-state index in [0.29, 0.717) is 44.1 Å². The highest BCUT2D eigenvalue weighted by molar-refractivity contribution is 5.96. The Kier molecular flexibility index (Phi) is 15.0. The molecule has 6 heterocycles. The second-order valence-electron chi connectivity index (χ2n) is 20.6. The van der Waals surface area contributed by atoms with Gasteiger partial charge in [-0.3, -0.25) is 9.59 Å². The van der Waals surface area contributed by atoms with E-state index < -0.39 is 84.2 Å². The third-order valence-corrected chi connectivity index (χ3v) is 15.9. The van der Waals surface area contributed by atoms with Crippen LogP contribution in [-0.2, 0) is 47.5 Å². The number of carbonyl (C=O) groups excluding carboxylic acids is 1. The monoisotopic (exact) mass is 867 g/mol. The molecule has 0 radical (unpaired) electrons. The maximum absolute atomic E-state index is 13.4. The van der Waals surface area contributed by atoms with E-state index in [9.17, 15) is 30.0 Å². The zero-order valence-electron chi connectivity index (χ0n) is 38.8. The Hall–Kier alpha value is -1.56. The fourth-order valence-electron chi connectivity index (χ4n) is 11.8. The Morgan fingerprint density at radius 3 is 2.25 bits per heavy atom. The molecule has 0 bridgehead atoms. The van der Waals surface area contributed by atoms with Crippen LogP contribution in [0.5, 0.6) is 0 Å². The van der Waals surface area contributed by atoms with Gasteiger partial charge in [0.25, 0.3) is 0 Å². The van der Waals surface area contributed by atoms with Gasteiger partial charge in [-0.25, -0.2) is 0 Å². The van der Waals surface area contributed by atoms with Crippen molar-refractivity contribution in [1.82, 2.24) is 0 Å². The number of methoxy groups -OCH3 is 1. The lowest BCUT2D eigenvalue weighted by Gasteiger charge is -2.54. The van der Waals surface area contributed by atoms with E-state index in [1.807, 2.05) is 33.8 Å². The van der Waals surface area contributed by atoms with Crippen LogP contribution in [0.4, 0.5) is 0 Å². The molecule has 6 rings (SSSR count). The molecule has 6 aliphatic rings. The predicted molar refractivity (Wildman–Crippen MR) is 224 cm³/mol. The lowest BCUT2D eigenvalue weighted by atomic mass is 9.76. The average Bonchev–Trinajstić information content (AvgIpc) is 3.71. The molecule has 0 aromatic rings. The first-order valence-corrected chi connectivity index (χ1v) is 23.2. The third kappa shape index (κ3) is 9.71. The van der Waals surface area contributed by atoms with Gasteiger partial charge in [0.15, 0.2) is 29.4 Å². The number of aliphatic carboxylic acids is 1. The summed E-state index contributed by atoms with van der Waals surface area (Å²) in [5, 5.41) is 42.5. The summed E-state index contributed by atoms with van der Waals surface area (Å²) in [7, 11) is 1.70. The van der Waals surface area contributed by atoms with Gasteiger partial charge in [0.05, 0.1) is 67.0 Å². The predicted octanol–water partition coefficient (Wildman–Crippen LogP) is 6.15. The number of aliphatic hydroxyl groups is 3. The first-order chi connectivity index (χ1) is 28.5. The number of allylic oxidation sites excluding steroid dienone is 1. The highest BCUT2D eigenvalue weighted by Gasteiger charge is 2.65. The van der Waals surface area contributed by atoms with E-state index in [4.69, 9.17) is 37.9 Å². The molecule has 0 amide bonds. The van der Waals surface area contributed by atoms with Crippen molar-refractivity contribution >= 4 is 11.8 Å². The van der Waals surface area contributed by atoms with Crippen molar-refractivity contribution < 1.29 is 67.9 Å². The molecule has 0 aromatic heterocycles. The fraction of sp³-hybridized carbons (Fsp3) is 0.915. The van der Waals surface area contributed by atoms with E-state index in [-0.39, 0.29) is 72.4 Å². The van der Waals surface area contributed by atoms with Gasteiger partial charge in [-0.2, -0.15) is 0 Å². The fourth-order valence-corrected chi connectivity index (χ4v) is 11.8. The molecule has 0 aromatic carbocycles.